The Bertz CT molecular complexity index is 557. The molecule has 2 rings (SSSR count). The zero-order valence-corrected chi connectivity index (χ0v) is 12.9. The average Bonchev–Trinajstić information content (AvgIpc) is 2.51. The van der Waals surface area contributed by atoms with E-state index >= 15 is 0 Å². The van der Waals surface area contributed by atoms with Crippen LogP contribution in [0.1, 0.15) is 36.9 Å². The molecule has 0 saturated heterocycles. The molecule has 0 radical (unpaired) electrons. The van der Waals surface area contributed by atoms with Crippen molar-refractivity contribution in [1.82, 2.24) is 5.43 Å². The zero-order chi connectivity index (χ0) is 15.1. The van der Waals surface area contributed by atoms with Crippen LogP contribution in [-0.2, 0) is 0 Å². The normalized spacial score (nSPS) is 12.1. The van der Waals surface area contributed by atoms with Crippen molar-refractivity contribution >= 4 is 11.6 Å². The highest BCUT2D eigenvalue weighted by molar-refractivity contribution is 6.31. The average molecular weight is 305 g/mol. The van der Waals surface area contributed by atoms with Crippen molar-refractivity contribution in [2.45, 2.75) is 25.8 Å². The second-order valence-corrected chi connectivity index (χ2v) is 5.30. The minimum Gasteiger partial charge on any atom is -0.494 e. The molecule has 2 aromatic rings. The minimum atomic E-state index is -0.136. The molecule has 0 saturated carbocycles. The minimum absolute atomic E-state index is 0.136. The highest BCUT2D eigenvalue weighted by atomic mass is 35.5. The fraction of sp³-hybridized carbons (Fsp3) is 0.294. The van der Waals surface area contributed by atoms with Gasteiger partial charge in [-0.2, -0.15) is 0 Å². The first-order chi connectivity index (χ1) is 10.3. The molecule has 1 atom stereocenters. The quantitative estimate of drug-likeness (QED) is 0.460. The van der Waals surface area contributed by atoms with Gasteiger partial charge in [0.2, 0.25) is 0 Å². The van der Waals surface area contributed by atoms with E-state index in [1.165, 1.54) is 0 Å². The van der Waals surface area contributed by atoms with Gasteiger partial charge in [0.05, 0.1) is 12.6 Å². The predicted octanol–water partition coefficient (Wildman–Crippen LogP) is 4.07. The first kappa shape index (κ1) is 15.8. The first-order valence-electron chi connectivity index (χ1n) is 7.19. The summed E-state index contributed by atoms with van der Waals surface area (Å²) in [5.74, 6) is 6.58. The highest BCUT2D eigenvalue weighted by Crippen LogP contribution is 2.28. The third-order valence-corrected chi connectivity index (χ3v) is 3.71. The Morgan fingerprint density at radius 2 is 1.86 bits per heavy atom. The summed E-state index contributed by atoms with van der Waals surface area (Å²) < 4.78 is 5.67. The molecule has 0 heterocycles. The van der Waals surface area contributed by atoms with E-state index < -0.39 is 0 Å². The molecule has 0 bridgehead atoms. The number of hydrogen-bond donors (Lipinski definition) is 2. The van der Waals surface area contributed by atoms with Crippen LogP contribution < -0.4 is 16.0 Å². The number of rotatable bonds is 7. The van der Waals surface area contributed by atoms with Gasteiger partial charge in [0, 0.05) is 5.02 Å². The summed E-state index contributed by atoms with van der Waals surface area (Å²) in [6, 6.07) is 15.5. The van der Waals surface area contributed by atoms with E-state index in [1.54, 1.807) is 0 Å². The molecule has 112 valence electrons. The summed E-state index contributed by atoms with van der Waals surface area (Å²) in [5, 5.41) is 0.698. The summed E-state index contributed by atoms with van der Waals surface area (Å²) in [6.07, 6.45) is 2.19. The number of hydrogen-bond acceptors (Lipinski definition) is 3. The predicted molar refractivity (Wildman–Crippen MR) is 87.5 cm³/mol. The lowest BCUT2D eigenvalue weighted by Gasteiger charge is -2.18. The topological polar surface area (TPSA) is 47.3 Å². The molecule has 4 heteroatoms. The maximum Gasteiger partial charge on any atom is 0.119 e. The van der Waals surface area contributed by atoms with Gasteiger partial charge in [0.1, 0.15) is 5.75 Å². The second-order valence-electron chi connectivity index (χ2n) is 4.89. The largest absolute Gasteiger partial charge is 0.494 e. The van der Waals surface area contributed by atoms with Crippen LogP contribution in [0.25, 0.3) is 0 Å². The number of benzene rings is 2. The van der Waals surface area contributed by atoms with E-state index in [0.717, 1.165) is 36.3 Å². The van der Waals surface area contributed by atoms with Crippen LogP contribution in [0.3, 0.4) is 0 Å². The molecule has 1 unspecified atom stereocenters. The number of halogens is 1. The Kier molecular flexibility index (Phi) is 6.05. The summed E-state index contributed by atoms with van der Waals surface area (Å²) in [7, 11) is 0. The zero-order valence-electron chi connectivity index (χ0n) is 12.2. The Morgan fingerprint density at radius 1 is 1.14 bits per heavy atom. The van der Waals surface area contributed by atoms with Crippen LogP contribution in [0.15, 0.2) is 48.5 Å². The van der Waals surface area contributed by atoms with Crippen LogP contribution in [0.4, 0.5) is 0 Å². The molecule has 3 nitrogen and oxygen atoms in total. The molecular weight excluding hydrogens is 284 g/mol. The smallest absolute Gasteiger partial charge is 0.119 e. The maximum atomic E-state index is 6.24. The van der Waals surface area contributed by atoms with Gasteiger partial charge in [-0.15, -0.1) is 0 Å². The monoisotopic (exact) mass is 304 g/mol. The number of unbranched alkanes of at least 4 members (excludes halogenated alkanes) is 1. The lowest BCUT2D eigenvalue weighted by atomic mass is 9.99. The summed E-state index contributed by atoms with van der Waals surface area (Å²) in [5.41, 5.74) is 4.83. The molecule has 0 amide bonds. The maximum absolute atomic E-state index is 6.24. The molecule has 21 heavy (non-hydrogen) atoms. The molecule has 2 aromatic carbocycles. The van der Waals surface area contributed by atoms with E-state index in [1.807, 2.05) is 48.5 Å². The molecule has 0 aromatic heterocycles. The van der Waals surface area contributed by atoms with E-state index in [4.69, 9.17) is 22.2 Å². The summed E-state index contributed by atoms with van der Waals surface area (Å²) in [6.45, 7) is 2.90. The molecule has 0 aliphatic heterocycles. The first-order valence-corrected chi connectivity index (χ1v) is 7.57. The molecule has 3 N–H and O–H groups in total. The van der Waals surface area contributed by atoms with Crippen molar-refractivity contribution in [3.8, 4) is 5.75 Å². The van der Waals surface area contributed by atoms with Crippen molar-refractivity contribution in [1.29, 1.82) is 0 Å². The van der Waals surface area contributed by atoms with Crippen LogP contribution >= 0.6 is 11.6 Å². The van der Waals surface area contributed by atoms with Crippen LogP contribution in [-0.4, -0.2) is 6.61 Å². The summed E-state index contributed by atoms with van der Waals surface area (Å²) >= 11 is 6.24. The van der Waals surface area contributed by atoms with E-state index in [-0.39, 0.29) is 6.04 Å². The van der Waals surface area contributed by atoms with E-state index in [9.17, 15) is 0 Å². The Hall–Kier alpha value is -1.55. The fourth-order valence-corrected chi connectivity index (χ4v) is 2.41. The lowest BCUT2D eigenvalue weighted by molar-refractivity contribution is 0.309. The molecule has 0 aliphatic carbocycles. The number of nitrogens with one attached hydrogen (secondary N) is 1. The van der Waals surface area contributed by atoms with E-state index in [2.05, 4.69) is 12.3 Å². The van der Waals surface area contributed by atoms with Gasteiger partial charge in [-0.3, -0.25) is 5.84 Å². The fourth-order valence-electron chi connectivity index (χ4n) is 2.17. The lowest BCUT2D eigenvalue weighted by Crippen LogP contribution is -2.29. The number of hydrazine groups is 1. The van der Waals surface area contributed by atoms with Gasteiger partial charge in [-0.05, 0) is 35.7 Å². The van der Waals surface area contributed by atoms with Crippen LogP contribution in [0.5, 0.6) is 5.75 Å². The molecular formula is C17H21ClN2O. The SMILES string of the molecule is CCCCOc1ccc(C(NN)c2ccccc2Cl)cc1. The second kappa shape index (κ2) is 8.03. The molecule has 0 spiro atoms. The number of nitrogens with two attached hydrogens (primary N) is 1. The molecule has 0 aliphatic rings. The van der Waals surface area contributed by atoms with Gasteiger partial charge >= 0.3 is 0 Å². The summed E-state index contributed by atoms with van der Waals surface area (Å²) in [4.78, 5) is 0. The highest BCUT2D eigenvalue weighted by Gasteiger charge is 2.15. The van der Waals surface area contributed by atoms with Crippen molar-refractivity contribution in [3.05, 3.63) is 64.7 Å². The third kappa shape index (κ3) is 4.21. The van der Waals surface area contributed by atoms with Crippen LogP contribution in [0, 0.1) is 0 Å². The van der Waals surface area contributed by atoms with Gasteiger partial charge in [-0.25, -0.2) is 5.43 Å². The number of ether oxygens (including phenoxy) is 1. The van der Waals surface area contributed by atoms with Crippen molar-refractivity contribution in [2.75, 3.05) is 6.61 Å². The molecule has 0 fully saturated rings. The van der Waals surface area contributed by atoms with E-state index in [0.29, 0.717) is 5.02 Å². The van der Waals surface area contributed by atoms with Gasteiger partial charge in [0.15, 0.2) is 0 Å². The third-order valence-electron chi connectivity index (χ3n) is 3.36. The Balaban J connectivity index is 2.14. The van der Waals surface area contributed by atoms with Crippen LogP contribution in [0.2, 0.25) is 5.02 Å². The standard InChI is InChI=1S/C17H21ClN2O/c1-2-3-12-21-14-10-8-13(9-11-14)17(20-19)15-6-4-5-7-16(15)18/h4-11,17,20H,2-3,12,19H2,1H3. The van der Waals surface area contributed by atoms with Gasteiger partial charge < -0.3 is 4.74 Å². The van der Waals surface area contributed by atoms with Crippen molar-refractivity contribution in [2.24, 2.45) is 5.84 Å². The van der Waals surface area contributed by atoms with Gasteiger partial charge in [-0.1, -0.05) is 55.3 Å². The van der Waals surface area contributed by atoms with Crippen molar-refractivity contribution < 1.29 is 4.74 Å². The van der Waals surface area contributed by atoms with Crippen molar-refractivity contribution in [3.63, 3.8) is 0 Å². The Labute approximate surface area is 131 Å². The van der Waals surface area contributed by atoms with Gasteiger partial charge in [0.25, 0.3) is 0 Å². The Morgan fingerprint density at radius 3 is 2.48 bits per heavy atom.